The van der Waals surface area contributed by atoms with Gasteiger partial charge in [-0.3, -0.25) is 4.79 Å². The maximum Gasteiger partial charge on any atom is 0.277 e. The molecule has 1 N–H and O–H groups in total. The van der Waals surface area contributed by atoms with Gasteiger partial charge in [0.2, 0.25) is 11.8 Å². The molecule has 0 aliphatic carbocycles. The summed E-state index contributed by atoms with van der Waals surface area (Å²) in [6.07, 6.45) is 0.640. The summed E-state index contributed by atoms with van der Waals surface area (Å²) < 4.78 is 18.6. The van der Waals surface area contributed by atoms with E-state index in [2.05, 4.69) is 21.6 Å². The van der Waals surface area contributed by atoms with Gasteiger partial charge in [-0.2, -0.15) is 0 Å². The number of rotatable bonds is 7. The second-order valence-electron chi connectivity index (χ2n) is 6.68. The summed E-state index contributed by atoms with van der Waals surface area (Å²) in [6, 6.07) is 12.3. The molecule has 0 bridgehead atoms. The molecule has 0 unspecified atom stereocenters. The predicted molar refractivity (Wildman–Crippen MR) is 108 cm³/mol. The molecule has 1 atom stereocenters. The largest absolute Gasteiger partial charge is 0.411 e. The van der Waals surface area contributed by atoms with Crippen LogP contribution in [0.3, 0.4) is 0 Å². The van der Waals surface area contributed by atoms with Crippen LogP contribution >= 0.6 is 11.8 Å². The number of amides is 1. The number of halogens is 1. The first-order valence-electron chi connectivity index (χ1n) is 9.01. The van der Waals surface area contributed by atoms with Crippen LogP contribution in [0.4, 0.5) is 4.39 Å². The van der Waals surface area contributed by atoms with Gasteiger partial charge in [-0.1, -0.05) is 41.1 Å². The van der Waals surface area contributed by atoms with Crippen LogP contribution in [0.5, 0.6) is 0 Å². The van der Waals surface area contributed by atoms with Crippen molar-refractivity contribution in [1.82, 2.24) is 15.5 Å². The lowest BCUT2D eigenvalue weighted by atomic mass is 10.1. The minimum atomic E-state index is -0.374. The average Bonchev–Trinajstić information content (AvgIpc) is 3.11. The normalized spacial score (nSPS) is 12.0. The summed E-state index contributed by atoms with van der Waals surface area (Å²) in [5.41, 5.74) is 4.08. The molecule has 1 heterocycles. The molecule has 1 amide bonds. The Morgan fingerprint density at radius 3 is 2.50 bits per heavy atom. The number of aryl methyl sites for hydroxylation is 2. The average molecular weight is 399 g/mol. The molecule has 146 valence electrons. The van der Waals surface area contributed by atoms with Crippen LogP contribution in [0.25, 0.3) is 11.5 Å². The zero-order chi connectivity index (χ0) is 20.1. The van der Waals surface area contributed by atoms with Crippen molar-refractivity contribution in [2.75, 3.05) is 6.54 Å². The van der Waals surface area contributed by atoms with E-state index in [0.29, 0.717) is 24.1 Å². The van der Waals surface area contributed by atoms with Crippen LogP contribution in [0.2, 0.25) is 0 Å². The van der Waals surface area contributed by atoms with Crippen molar-refractivity contribution >= 4 is 17.7 Å². The third kappa shape index (κ3) is 5.42. The maximum absolute atomic E-state index is 12.9. The fourth-order valence-electron chi connectivity index (χ4n) is 2.80. The van der Waals surface area contributed by atoms with Gasteiger partial charge in [0.25, 0.3) is 5.22 Å². The van der Waals surface area contributed by atoms with Gasteiger partial charge in [0.05, 0.1) is 5.25 Å². The highest BCUT2D eigenvalue weighted by Crippen LogP contribution is 2.27. The highest BCUT2D eigenvalue weighted by atomic mass is 32.2. The van der Waals surface area contributed by atoms with Crippen molar-refractivity contribution in [3.8, 4) is 11.5 Å². The van der Waals surface area contributed by atoms with E-state index in [1.54, 1.807) is 19.1 Å². The SMILES string of the molecule is Cc1cc(C)cc(-c2nnc(S[C@H](C)C(=O)NCCc3ccc(F)cc3)o2)c1. The van der Waals surface area contributed by atoms with E-state index in [0.717, 1.165) is 22.3 Å². The molecule has 1 aromatic heterocycles. The molecule has 28 heavy (non-hydrogen) atoms. The van der Waals surface area contributed by atoms with Gasteiger partial charge in [0, 0.05) is 12.1 Å². The molecule has 0 aliphatic rings. The standard InChI is InChI=1S/C21H22FN3O2S/c1-13-10-14(2)12-17(11-13)20-24-25-21(27-20)28-15(3)19(26)23-9-8-16-4-6-18(22)7-5-16/h4-7,10-12,15H,8-9H2,1-3H3,(H,23,26)/t15-/m1/s1. The van der Waals surface area contributed by atoms with Gasteiger partial charge in [-0.25, -0.2) is 4.39 Å². The Kier molecular flexibility index (Phi) is 6.46. The third-order valence-corrected chi connectivity index (χ3v) is 5.08. The Bertz CT molecular complexity index is 936. The van der Waals surface area contributed by atoms with E-state index >= 15 is 0 Å². The summed E-state index contributed by atoms with van der Waals surface area (Å²) in [4.78, 5) is 12.3. The summed E-state index contributed by atoms with van der Waals surface area (Å²) in [7, 11) is 0. The van der Waals surface area contributed by atoms with E-state index in [1.807, 2.05) is 26.0 Å². The van der Waals surface area contributed by atoms with E-state index in [1.165, 1.54) is 23.9 Å². The number of aromatic nitrogens is 2. The molecule has 0 radical (unpaired) electrons. The van der Waals surface area contributed by atoms with Gasteiger partial charge in [0.15, 0.2) is 0 Å². The molecule has 5 nitrogen and oxygen atoms in total. The van der Waals surface area contributed by atoms with Crippen LogP contribution in [0.15, 0.2) is 52.1 Å². The van der Waals surface area contributed by atoms with E-state index in [9.17, 15) is 9.18 Å². The van der Waals surface area contributed by atoms with Crippen LogP contribution in [0.1, 0.15) is 23.6 Å². The molecule has 3 aromatic rings. The molecule has 0 saturated carbocycles. The Morgan fingerprint density at radius 2 is 1.82 bits per heavy atom. The molecular formula is C21H22FN3O2S. The molecule has 2 aromatic carbocycles. The first kappa shape index (κ1) is 20.1. The van der Waals surface area contributed by atoms with E-state index in [4.69, 9.17) is 4.42 Å². The minimum absolute atomic E-state index is 0.113. The Balaban J connectivity index is 1.52. The Morgan fingerprint density at radius 1 is 1.14 bits per heavy atom. The van der Waals surface area contributed by atoms with E-state index < -0.39 is 0 Å². The molecule has 0 saturated heterocycles. The lowest BCUT2D eigenvalue weighted by Gasteiger charge is -2.09. The summed E-state index contributed by atoms with van der Waals surface area (Å²) in [5.74, 6) is 0.0639. The van der Waals surface area contributed by atoms with Crippen molar-refractivity contribution in [2.45, 2.75) is 37.7 Å². The van der Waals surface area contributed by atoms with Crippen molar-refractivity contribution in [2.24, 2.45) is 0 Å². The highest BCUT2D eigenvalue weighted by Gasteiger charge is 2.18. The van der Waals surface area contributed by atoms with Gasteiger partial charge in [-0.05, 0) is 57.0 Å². The fourth-order valence-corrected chi connectivity index (χ4v) is 3.51. The number of hydrogen-bond acceptors (Lipinski definition) is 5. The van der Waals surface area contributed by atoms with Crippen molar-refractivity contribution < 1.29 is 13.6 Å². The van der Waals surface area contributed by atoms with Crippen molar-refractivity contribution in [3.05, 3.63) is 65.0 Å². The minimum Gasteiger partial charge on any atom is -0.411 e. The number of benzene rings is 2. The zero-order valence-electron chi connectivity index (χ0n) is 16.0. The number of thioether (sulfide) groups is 1. The molecular weight excluding hydrogens is 377 g/mol. The van der Waals surface area contributed by atoms with Crippen molar-refractivity contribution in [1.29, 1.82) is 0 Å². The van der Waals surface area contributed by atoms with Gasteiger partial charge in [-0.15, -0.1) is 10.2 Å². The molecule has 3 rings (SSSR count). The van der Waals surface area contributed by atoms with Crippen LogP contribution < -0.4 is 5.32 Å². The smallest absolute Gasteiger partial charge is 0.277 e. The lowest BCUT2D eigenvalue weighted by molar-refractivity contribution is -0.120. The molecule has 0 spiro atoms. The second kappa shape index (κ2) is 9.01. The summed E-state index contributed by atoms with van der Waals surface area (Å²) in [6.45, 7) is 6.30. The lowest BCUT2D eigenvalue weighted by Crippen LogP contribution is -2.32. The zero-order valence-corrected chi connectivity index (χ0v) is 16.8. The first-order chi connectivity index (χ1) is 13.4. The van der Waals surface area contributed by atoms with E-state index in [-0.39, 0.29) is 17.0 Å². The number of carbonyl (C=O) groups excluding carboxylic acids is 1. The maximum atomic E-state index is 12.9. The number of carbonyl (C=O) groups is 1. The molecule has 0 fully saturated rings. The summed E-state index contributed by atoms with van der Waals surface area (Å²) >= 11 is 1.22. The molecule has 7 heteroatoms. The fraction of sp³-hybridized carbons (Fsp3) is 0.286. The topological polar surface area (TPSA) is 68.0 Å². The van der Waals surface area contributed by atoms with Crippen LogP contribution in [0, 0.1) is 19.7 Å². The van der Waals surface area contributed by atoms with Gasteiger partial charge < -0.3 is 9.73 Å². The highest BCUT2D eigenvalue weighted by molar-refractivity contribution is 8.00. The Labute approximate surface area is 167 Å². The predicted octanol–water partition coefficient (Wildman–Crippen LogP) is 4.33. The monoisotopic (exact) mass is 399 g/mol. The number of nitrogens with one attached hydrogen (secondary N) is 1. The summed E-state index contributed by atoms with van der Waals surface area (Å²) in [5, 5.41) is 11.0. The molecule has 0 aliphatic heterocycles. The van der Waals surface area contributed by atoms with Gasteiger partial charge >= 0.3 is 0 Å². The third-order valence-electron chi connectivity index (χ3n) is 4.15. The number of nitrogens with zero attached hydrogens (tertiary/aromatic N) is 2. The van der Waals surface area contributed by atoms with Crippen molar-refractivity contribution in [3.63, 3.8) is 0 Å². The quantitative estimate of drug-likeness (QED) is 0.599. The second-order valence-corrected chi connectivity index (χ2v) is 7.97. The first-order valence-corrected chi connectivity index (χ1v) is 9.89. The van der Waals surface area contributed by atoms with Crippen LogP contribution in [-0.4, -0.2) is 27.9 Å². The number of hydrogen-bond donors (Lipinski definition) is 1. The Hall–Kier alpha value is -2.67. The van der Waals surface area contributed by atoms with Gasteiger partial charge in [0.1, 0.15) is 5.82 Å². The van der Waals surface area contributed by atoms with Crippen LogP contribution in [-0.2, 0) is 11.2 Å².